The van der Waals surface area contributed by atoms with E-state index in [1.807, 2.05) is 26.8 Å². The van der Waals surface area contributed by atoms with Gasteiger partial charge in [-0.25, -0.2) is 13.2 Å². The third kappa shape index (κ3) is 3.31. The minimum atomic E-state index is -3.98. The molecule has 0 bridgehead atoms. The Morgan fingerprint density at radius 3 is 2.46 bits per heavy atom. The SMILES string of the molecule is Cc1cc(C)c(N2CCCC2)c(C)c1NS(=O)(=O)c1ccsc1C(=O)O. The first-order chi connectivity index (χ1) is 12.2. The normalized spacial score (nSPS) is 14.7. The Hall–Kier alpha value is -2.06. The van der Waals surface area contributed by atoms with Crippen molar-refractivity contribution in [3.05, 3.63) is 39.1 Å². The summed E-state index contributed by atoms with van der Waals surface area (Å²) in [4.78, 5) is 13.2. The Bertz CT molecular complexity index is 958. The van der Waals surface area contributed by atoms with Crippen LogP contribution in [0.4, 0.5) is 11.4 Å². The highest BCUT2D eigenvalue weighted by Gasteiger charge is 2.26. The summed E-state index contributed by atoms with van der Waals surface area (Å²) in [6.07, 6.45) is 2.26. The lowest BCUT2D eigenvalue weighted by Gasteiger charge is -2.26. The molecule has 0 radical (unpaired) electrons. The standard InChI is InChI=1S/C18H22N2O4S2/c1-11-10-12(2)16(20-7-4-5-8-20)13(3)15(11)19-26(23,24)14-6-9-25-17(14)18(21)22/h6,9-10,19H,4-5,7-8H2,1-3H3,(H,21,22). The molecule has 1 aromatic heterocycles. The van der Waals surface area contributed by atoms with E-state index in [4.69, 9.17) is 0 Å². The number of hydrogen-bond donors (Lipinski definition) is 2. The summed E-state index contributed by atoms with van der Waals surface area (Å²) >= 11 is 0.903. The number of carboxylic acids is 1. The summed E-state index contributed by atoms with van der Waals surface area (Å²) in [6.45, 7) is 7.73. The number of sulfonamides is 1. The predicted octanol–water partition coefficient (Wildman–Crippen LogP) is 3.77. The Labute approximate surface area is 157 Å². The summed E-state index contributed by atoms with van der Waals surface area (Å²) in [7, 11) is -3.98. The van der Waals surface area contributed by atoms with E-state index in [-0.39, 0.29) is 9.77 Å². The van der Waals surface area contributed by atoms with Crippen molar-refractivity contribution in [1.29, 1.82) is 0 Å². The maximum absolute atomic E-state index is 12.8. The van der Waals surface area contributed by atoms with Crippen LogP contribution in [0, 0.1) is 20.8 Å². The molecule has 26 heavy (non-hydrogen) atoms. The third-order valence-corrected chi connectivity index (χ3v) is 7.13. The van der Waals surface area contributed by atoms with Crippen molar-refractivity contribution >= 4 is 38.7 Å². The Morgan fingerprint density at radius 2 is 1.85 bits per heavy atom. The number of hydrogen-bond acceptors (Lipinski definition) is 5. The predicted molar refractivity (Wildman–Crippen MR) is 104 cm³/mol. The number of aromatic carboxylic acids is 1. The molecule has 0 saturated carbocycles. The number of nitrogens with zero attached hydrogens (tertiary/aromatic N) is 1. The number of anilines is 2. The second-order valence-electron chi connectivity index (χ2n) is 6.58. The highest BCUT2D eigenvalue weighted by atomic mass is 32.2. The van der Waals surface area contributed by atoms with Gasteiger partial charge in [0, 0.05) is 18.8 Å². The molecular formula is C18H22N2O4S2. The maximum Gasteiger partial charge on any atom is 0.347 e. The average molecular weight is 395 g/mol. The molecule has 1 aromatic carbocycles. The molecule has 1 aliphatic rings. The molecule has 0 atom stereocenters. The van der Waals surface area contributed by atoms with Crippen molar-refractivity contribution in [3.8, 4) is 0 Å². The summed E-state index contributed by atoms with van der Waals surface area (Å²) in [5.41, 5.74) is 4.40. The highest BCUT2D eigenvalue weighted by Crippen LogP contribution is 2.36. The zero-order valence-corrected chi connectivity index (χ0v) is 16.6. The largest absolute Gasteiger partial charge is 0.477 e. The highest BCUT2D eigenvalue weighted by molar-refractivity contribution is 7.93. The number of carboxylic acid groups (broad SMARTS) is 1. The summed E-state index contributed by atoms with van der Waals surface area (Å²) in [6, 6.07) is 3.31. The second kappa shape index (κ2) is 6.92. The average Bonchev–Trinajstić information content (AvgIpc) is 3.22. The molecule has 140 valence electrons. The van der Waals surface area contributed by atoms with Gasteiger partial charge in [-0.1, -0.05) is 6.07 Å². The van der Waals surface area contributed by atoms with Gasteiger partial charge in [0.25, 0.3) is 10.0 Å². The molecule has 6 nitrogen and oxygen atoms in total. The Balaban J connectivity index is 2.05. The maximum atomic E-state index is 12.8. The molecule has 0 amide bonds. The first-order valence-electron chi connectivity index (χ1n) is 8.41. The van der Waals surface area contributed by atoms with Crippen LogP contribution in [0.25, 0.3) is 0 Å². The summed E-state index contributed by atoms with van der Waals surface area (Å²) in [5, 5.41) is 10.7. The van der Waals surface area contributed by atoms with Crippen LogP contribution in [0.2, 0.25) is 0 Å². The van der Waals surface area contributed by atoms with Crippen LogP contribution in [-0.4, -0.2) is 32.6 Å². The number of nitrogens with one attached hydrogen (secondary N) is 1. The first kappa shape index (κ1) is 18.7. The number of benzene rings is 1. The van der Waals surface area contributed by atoms with Crippen LogP contribution < -0.4 is 9.62 Å². The topological polar surface area (TPSA) is 86.7 Å². The van der Waals surface area contributed by atoms with Crippen LogP contribution in [0.15, 0.2) is 22.4 Å². The molecule has 3 rings (SSSR count). The fourth-order valence-corrected chi connectivity index (χ4v) is 6.07. The van der Waals surface area contributed by atoms with Crippen LogP contribution in [0.3, 0.4) is 0 Å². The van der Waals surface area contributed by atoms with E-state index in [9.17, 15) is 18.3 Å². The lowest BCUT2D eigenvalue weighted by molar-refractivity contribution is 0.0698. The van der Waals surface area contributed by atoms with Crippen LogP contribution >= 0.6 is 11.3 Å². The van der Waals surface area contributed by atoms with E-state index >= 15 is 0 Å². The minimum Gasteiger partial charge on any atom is -0.477 e. The fourth-order valence-electron chi connectivity index (χ4n) is 3.61. The smallest absolute Gasteiger partial charge is 0.347 e. The van der Waals surface area contributed by atoms with Crippen molar-refractivity contribution in [3.63, 3.8) is 0 Å². The fraction of sp³-hybridized carbons (Fsp3) is 0.389. The van der Waals surface area contributed by atoms with Gasteiger partial charge in [0.1, 0.15) is 9.77 Å². The molecule has 1 fully saturated rings. The van der Waals surface area contributed by atoms with Crippen molar-refractivity contribution in [2.24, 2.45) is 0 Å². The van der Waals surface area contributed by atoms with Gasteiger partial charge in [-0.05, 0) is 61.7 Å². The van der Waals surface area contributed by atoms with Crippen molar-refractivity contribution in [2.75, 3.05) is 22.7 Å². The van der Waals surface area contributed by atoms with Gasteiger partial charge in [0.05, 0.1) is 5.69 Å². The van der Waals surface area contributed by atoms with Crippen LogP contribution in [-0.2, 0) is 10.0 Å². The molecule has 1 saturated heterocycles. The Kier molecular flexibility index (Phi) is 4.98. The van der Waals surface area contributed by atoms with Gasteiger partial charge in [-0.2, -0.15) is 0 Å². The van der Waals surface area contributed by atoms with Crippen molar-refractivity contribution < 1.29 is 18.3 Å². The molecule has 2 N–H and O–H groups in total. The molecule has 2 aromatic rings. The van der Waals surface area contributed by atoms with E-state index in [1.54, 1.807) is 0 Å². The molecule has 2 heterocycles. The molecule has 8 heteroatoms. The zero-order valence-electron chi connectivity index (χ0n) is 15.0. The lowest BCUT2D eigenvalue weighted by atomic mass is 10.0. The van der Waals surface area contributed by atoms with E-state index in [0.29, 0.717) is 5.69 Å². The van der Waals surface area contributed by atoms with E-state index in [0.717, 1.165) is 59.6 Å². The zero-order chi connectivity index (χ0) is 19.1. The molecular weight excluding hydrogens is 372 g/mol. The minimum absolute atomic E-state index is 0.181. The monoisotopic (exact) mass is 394 g/mol. The second-order valence-corrected chi connectivity index (χ2v) is 9.14. The number of thiophene rings is 1. The number of carbonyl (C=O) groups is 1. The summed E-state index contributed by atoms with van der Waals surface area (Å²) in [5.74, 6) is -1.24. The quantitative estimate of drug-likeness (QED) is 0.806. The van der Waals surface area contributed by atoms with Gasteiger partial charge >= 0.3 is 5.97 Å². The van der Waals surface area contributed by atoms with Crippen LogP contribution in [0.5, 0.6) is 0 Å². The van der Waals surface area contributed by atoms with Crippen molar-refractivity contribution in [1.82, 2.24) is 0 Å². The Morgan fingerprint density at radius 1 is 1.19 bits per heavy atom. The van der Waals surface area contributed by atoms with Gasteiger partial charge in [-0.3, -0.25) is 4.72 Å². The van der Waals surface area contributed by atoms with Crippen molar-refractivity contribution in [2.45, 2.75) is 38.5 Å². The number of aryl methyl sites for hydroxylation is 2. The molecule has 0 spiro atoms. The molecule has 0 aliphatic carbocycles. The first-order valence-corrected chi connectivity index (χ1v) is 10.8. The van der Waals surface area contributed by atoms with Gasteiger partial charge in [0.15, 0.2) is 0 Å². The lowest BCUT2D eigenvalue weighted by Crippen LogP contribution is -2.22. The molecule has 1 aliphatic heterocycles. The number of rotatable bonds is 5. The van der Waals surface area contributed by atoms with E-state index in [1.165, 1.54) is 11.4 Å². The summed E-state index contributed by atoms with van der Waals surface area (Å²) < 4.78 is 28.3. The van der Waals surface area contributed by atoms with Gasteiger partial charge < -0.3 is 10.0 Å². The van der Waals surface area contributed by atoms with E-state index < -0.39 is 16.0 Å². The molecule has 0 unspecified atom stereocenters. The van der Waals surface area contributed by atoms with Gasteiger partial charge in [0.2, 0.25) is 0 Å². The third-order valence-electron chi connectivity index (χ3n) is 4.70. The van der Waals surface area contributed by atoms with Gasteiger partial charge in [-0.15, -0.1) is 11.3 Å². The van der Waals surface area contributed by atoms with Crippen LogP contribution in [0.1, 0.15) is 39.2 Å². The van der Waals surface area contributed by atoms with E-state index in [2.05, 4.69) is 9.62 Å².